The van der Waals surface area contributed by atoms with Gasteiger partial charge >= 0.3 is 0 Å². The first-order valence-electron chi connectivity index (χ1n) is 11.3. The molecule has 1 aliphatic heterocycles. The summed E-state index contributed by atoms with van der Waals surface area (Å²) in [5.74, 6) is 1.18. The molecule has 2 fully saturated rings. The first kappa shape index (κ1) is 19.3. The molecule has 3 heterocycles. The van der Waals surface area contributed by atoms with Gasteiger partial charge in [0, 0.05) is 30.1 Å². The second kappa shape index (κ2) is 6.82. The lowest BCUT2D eigenvalue weighted by atomic mass is 9.97. The van der Waals surface area contributed by atoms with Gasteiger partial charge in [0.2, 0.25) is 0 Å². The molecule has 0 amide bonds. The number of rotatable bonds is 3. The number of fused-ring (bicyclic) bond motifs is 3. The first-order valence-corrected chi connectivity index (χ1v) is 11.3. The highest BCUT2D eigenvalue weighted by atomic mass is 15.3. The summed E-state index contributed by atoms with van der Waals surface area (Å²) >= 11 is 0. The van der Waals surface area contributed by atoms with Crippen molar-refractivity contribution in [3.8, 4) is 17.2 Å². The minimum atomic E-state index is 0.377. The Morgan fingerprint density at radius 1 is 1.09 bits per heavy atom. The van der Waals surface area contributed by atoms with Crippen LogP contribution in [-0.4, -0.2) is 47.5 Å². The zero-order valence-corrected chi connectivity index (χ0v) is 18.8. The van der Waals surface area contributed by atoms with Crippen LogP contribution in [0.2, 0.25) is 0 Å². The van der Waals surface area contributed by atoms with Crippen molar-refractivity contribution in [1.29, 1.82) is 5.26 Å². The van der Waals surface area contributed by atoms with Crippen molar-refractivity contribution in [3.05, 3.63) is 65.7 Å². The summed E-state index contributed by atoms with van der Waals surface area (Å²) in [6.07, 6.45) is 2.47. The number of aromatic nitrogens is 2. The summed E-state index contributed by atoms with van der Waals surface area (Å²) in [5, 5.41) is 10.1. The highest BCUT2D eigenvalue weighted by Crippen LogP contribution is 2.56. The van der Waals surface area contributed by atoms with E-state index in [1.807, 2.05) is 18.2 Å². The summed E-state index contributed by atoms with van der Waals surface area (Å²) in [6.45, 7) is 4.15. The number of anilines is 1. The van der Waals surface area contributed by atoms with E-state index in [4.69, 9.17) is 4.98 Å². The predicted molar refractivity (Wildman–Crippen MR) is 129 cm³/mol. The van der Waals surface area contributed by atoms with Crippen LogP contribution in [-0.2, 0) is 0 Å². The molecule has 1 aliphatic carbocycles. The summed E-state index contributed by atoms with van der Waals surface area (Å²) in [5.41, 5.74) is 7.11. The molecule has 2 aliphatic rings. The number of imidazole rings is 1. The third kappa shape index (κ3) is 2.63. The molecule has 0 unspecified atom stereocenters. The molecular weight excluding hydrogens is 394 g/mol. The van der Waals surface area contributed by atoms with E-state index in [0.717, 1.165) is 46.5 Å². The molecule has 160 valence electrons. The molecule has 1 saturated carbocycles. The van der Waals surface area contributed by atoms with Gasteiger partial charge in [0.05, 0.1) is 16.6 Å². The normalized spacial score (nSPS) is 22.3. The second-order valence-corrected chi connectivity index (χ2v) is 9.65. The van der Waals surface area contributed by atoms with Crippen LogP contribution in [0.5, 0.6) is 0 Å². The molecule has 0 radical (unpaired) electrons. The Hall–Kier alpha value is -3.36. The summed E-state index contributed by atoms with van der Waals surface area (Å²) < 4.78 is 2.25. The van der Waals surface area contributed by atoms with Crippen LogP contribution in [0.25, 0.3) is 27.8 Å². The van der Waals surface area contributed by atoms with Crippen molar-refractivity contribution in [3.63, 3.8) is 0 Å². The smallest absolute Gasteiger partial charge is 0.157 e. The molecule has 2 atom stereocenters. The fourth-order valence-electron chi connectivity index (χ4n) is 5.94. The molecule has 6 rings (SSSR count). The van der Waals surface area contributed by atoms with Gasteiger partial charge in [0.25, 0.3) is 0 Å². The van der Waals surface area contributed by atoms with Crippen molar-refractivity contribution >= 4 is 22.5 Å². The van der Waals surface area contributed by atoms with Crippen LogP contribution in [0.4, 0.5) is 5.82 Å². The maximum Gasteiger partial charge on any atom is 0.157 e. The maximum atomic E-state index is 10.1. The van der Waals surface area contributed by atoms with Crippen LogP contribution in [0.15, 0.2) is 54.6 Å². The van der Waals surface area contributed by atoms with Crippen molar-refractivity contribution in [2.45, 2.75) is 25.8 Å². The van der Waals surface area contributed by atoms with Crippen molar-refractivity contribution in [1.82, 2.24) is 14.3 Å². The van der Waals surface area contributed by atoms with E-state index in [1.54, 1.807) is 0 Å². The van der Waals surface area contributed by atoms with Gasteiger partial charge in [-0.05, 0) is 57.1 Å². The fraction of sp³-hybridized carbons (Fsp3) is 0.333. The zero-order valence-electron chi connectivity index (χ0n) is 18.8. The molecular formula is C27H27N5. The third-order valence-corrected chi connectivity index (χ3v) is 7.60. The van der Waals surface area contributed by atoms with Gasteiger partial charge in [-0.25, -0.2) is 4.98 Å². The van der Waals surface area contributed by atoms with Crippen molar-refractivity contribution < 1.29 is 0 Å². The van der Waals surface area contributed by atoms with Crippen LogP contribution >= 0.6 is 0 Å². The van der Waals surface area contributed by atoms with Gasteiger partial charge in [-0.2, -0.15) is 5.26 Å². The van der Waals surface area contributed by atoms with Gasteiger partial charge < -0.3 is 9.80 Å². The Bertz CT molecular complexity index is 1390. The number of benzene rings is 2. The molecule has 5 heteroatoms. The van der Waals surface area contributed by atoms with Crippen LogP contribution in [0, 0.1) is 23.7 Å². The molecule has 2 aromatic carbocycles. The van der Waals surface area contributed by atoms with Crippen LogP contribution in [0.3, 0.4) is 0 Å². The van der Waals surface area contributed by atoms with Crippen molar-refractivity contribution in [2.75, 3.05) is 32.1 Å². The zero-order chi connectivity index (χ0) is 22.0. The standard InChI is InChI=1S/C27H27N5/c1-18-20(16-28)25-29-21-11-7-8-12-22(21)32(25)26(24(18)19-9-5-4-6-10-19)31-14-13-27(17-31)15-23(27)30(2)3/h4-12,23H,13-15,17H2,1-3H3/t23-,27-/m0/s1. The minimum Gasteiger partial charge on any atom is -0.357 e. The Morgan fingerprint density at radius 3 is 2.56 bits per heavy atom. The molecule has 0 N–H and O–H groups in total. The number of nitrogens with zero attached hydrogens (tertiary/aromatic N) is 5. The minimum absolute atomic E-state index is 0.377. The van der Waals surface area contributed by atoms with Gasteiger partial charge in [0.1, 0.15) is 11.9 Å². The summed E-state index contributed by atoms with van der Waals surface area (Å²) in [7, 11) is 4.40. The summed E-state index contributed by atoms with van der Waals surface area (Å²) in [6, 6.07) is 21.9. The van der Waals surface area contributed by atoms with Crippen molar-refractivity contribution in [2.24, 2.45) is 5.41 Å². The highest BCUT2D eigenvalue weighted by molar-refractivity contribution is 5.92. The Labute approximate surface area is 188 Å². The lowest BCUT2D eigenvalue weighted by molar-refractivity contribution is 0.335. The molecule has 0 bridgehead atoms. The van der Waals surface area contributed by atoms with E-state index < -0.39 is 0 Å². The first-order chi connectivity index (χ1) is 15.5. The van der Waals surface area contributed by atoms with E-state index in [0.29, 0.717) is 17.0 Å². The molecule has 2 aromatic heterocycles. The number of hydrogen-bond acceptors (Lipinski definition) is 4. The highest BCUT2D eigenvalue weighted by Gasteiger charge is 2.58. The van der Waals surface area contributed by atoms with Gasteiger partial charge in [-0.1, -0.05) is 42.5 Å². The second-order valence-electron chi connectivity index (χ2n) is 9.65. The van der Waals surface area contributed by atoms with Gasteiger partial charge in [-0.3, -0.25) is 4.40 Å². The Kier molecular flexibility index (Phi) is 4.12. The monoisotopic (exact) mass is 421 g/mol. The Balaban J connectivity index is 1.67. The van der Waals surface area contributed by atoms with E-state index in [1.165, 1.54) is 18.7 Å². The lowest BCUT2D eigenvalue weighted by Gasteiger charge is -2.26. The van der Waals surface area contributed by atoms with Crippen LogP contribution < -0.4 is 4.90 Å². The number of hydrogen-bond donors (Lipinski definition) is 0. The number of nitriles is 1. The van der Waals surface area contributed by atoms with E-state index in [2.05, 4.69) is 77.7 Å². The fourth-order valence-corrected chi connectivity index (χ4v) is 5.94. The average molecular weight is 422 g/mol. The van der Waals surface area contributed by atoms with Crippen LogP contribution in [0.1, 0.15) is 24.0 Å². The van der Waals surface area contributed by atoms with E-state index in [-0.39, 0.29) is 0 Å². The molecule has 4 aromatic rings. The number of para-hydroxylation sites is 2. The molecule has 32 heavy (non-hydrogen) atoms. The molecule has 1 saturated heterocycles. The third-order valence-electron chi connectivity index (χ3n) is 7.60. The quantitative estimate of drug-likeness (QED) is 0.474. The largest absolute Gasteiger partial charge is 0.357 e. The molecule has 5 nitrogen and oxygen atoms in total. The average Bonchev–Trinajstić information content (AvgIpc) is 3.15. The Morgan fingerprint density at radius 2 is 1.84 bits per heavy atom. The number of pyridine rings is 1. The lowest BCUT2D eigenvalue weighted by Crippen LogP contribution is -2.27. The SMILES string of the molecule is Cc1c(-c2ccccc2)c(N2CC[C@]3(C[C@@H]3N(C)C)C2)n2c(nc3ccccc32)c1C#N. The maximum absolute atomic E-state index is 10.1. The summed E-state index contributed by atoms with van der Waals surface area (Å²) in [4.78, 5) is 9.85. The van der Waals surface area contributed by atoms with E-state index >= 15 is 0 Å². The van der Waals surface area contributed by atoms with E-state index in [9.17, 15) is 5.26 Å². The van der Waals surface area contributed by atoms with Gasteiger partial charge in [-0.15, -0.1) is 0 Å². The van der Waals surface area contributed by atoms with Gasteiger partial charge in [0.15, 0.2) is 5.65 Å². The predicted octanol–water partition coefficient (Wildman–Crippen LogP) is 4.87. The topological polar surface area (TPSA) is 47.6 Å². The molecule has 1 spiro atoms.